The highest BCUT2D eigenvalue weighted by Gasteiger charge is 2.04. The summed E-state index contributed by atoms with van der Waals surface area (Å²) in [6.45, 7) is 3.70. The third-order valence-electron chi connectivity index (χ3n) is 2.57. The van der Waals surface area contributed by atoms with E-state index >= 15 is 0 Å². The SMILES string of the molecule is Cc1ncn(CCNCc2ccco2)c(=O)c1Br. The first kappa shape index (κ1) is 13.0. The van der Waals surface area contributed by atoms with E-state index in [-0.39, 0.29) is 5.56 Å². The third kappa shape index (κ3) is 3.08. The van der Waals surface area contributed by atoms with Gasteiger partial charge in [-0.25, -0.2) is 4.98 Å². The molecule has 6 heteroatoms. The van der Waals surface area contributed by atoms with Gasteiger partial charge in [-0.05, 0) is 35.0 Å². The molecule has 2 heterocycles. The van der Waals surface area contributed by atoms with Gasteiger partial charge >= 0.3 is 0 Å². The molecule has 0 aliphatic rings. The number of nitrogens with zero attached hydrogens (tertiary/aromatic N) is 2. The number of furan rings is 1. The molecule has 0 bridgehead atoms. The second kappa shape index (κ2) is 5.97. The van der Waals surface area contributed by atoms with Crippen molar-refractivity contribution >= 4 is 15.9 Å². The van der Waals surface area contributed by atoms with E-state index in [0.29, 0.717) is 29.8 Å². The van der Waals surface area contributed by atoms with Crippen LogP contribution in [0.1, 0.15) is 11.5 Å². The smallest absolute Gasteiger partial charge is 0.267 e. The Balaban J connectivity index is 1.87. The Labute approximate surface area is 113 Å². The Morgan fingerprint density at radius 1 is 1.56 bits per heavy atom. The molecule has 2 aromatic rings. The number of aromatic nitrogens is 2. The Morgan fingerprint density at radius 3 is 3.11 bits per heavy atom. The molecule has 0 aromatic carbocycles. The van der Waals surface area contributed by atoms with Crippen molar-refractivity contribution in [3.63, 3.8) is 0 Å². The van der Waals surface area contributed by atoms with Crippen LogP contribution in [0.3, 0.4) is 0 Å². The summed E-state index contributed by atoms with van der Waals surface area (Å²) in [4.78, 5) is 16.0. The number of hydrogen-bond acceptors (Lipinski definition) is 4. The molecule has 0 atom stereocenters. The molecular formula is C12H14BrN3O2. The van der Waals surface area contributed by atoms with Crippen LogP contribution in [0.2, 0.25) is 0 Å². The second-order valence-electron chi connectivity index (χ2n) is 3.90. The van der Waals surface area contributed by atoms with Crippen molar-refractivity contribution in [3.8, 4) is 0 Å². The first-order valence-corrected chi connectivity index (χ1v) is 6.42. The Kier molecular flexibility index (Phi) is 4.33. The van der Waals surface area contributed by atoms with Crippen LogP contribution in [0.4, 0.5) is 0 Å². The predicted molar refractivity (Wildman–Crippen MR) is 71.3 cm³/mol. The van der Waals surface area contributed by atoms with Gasteiger partial charge in [0.05, 0.1) is 24.8 Å². The third-order valence-corrected chi connectivity index (χ3v) is 3.48. The van der Waals surface area contributed by atoms with Crippen molar-refractivity contribution in [1.29, 1.82) is 0 Å². The monoisotopic (exact) mass is 311 g/mol. The molecule has 0 fully saturated rings. The average molecular weight is 312 g/mol. The molecule has 96 valence electrons. The first-order chi connectivity index (χ1) is 8.68. The van der Waals surface area contributed by atoms with Crippen LogP contribution in [0.25, 0.3) is 0 Å². The number of rotatable bonds is 5. The van der Waals surface area contributed by atoms with Gasteiger partial charge in [-0.2, -0.15) is 0 Å². The predicted octanol–water partition coefficient (Wildman–Crippen LogP) is 1.70. The molecule has 0 aliphatic heterocycles. The second-order valence-corrected chi connectivity index (χ2v) is 4.69. The number of nitrogens with one attached hydrogen (secondary N) is 1. The fourth-order valence-electron chi connectivity index (χ4n) is 1.53. The minimum absolute atomic E-state index is 0.0534. The molecule has 2 aromatic heterocycles. The highest BCUT2D eigenvalue weighted by molar-refractivity contribution is 9.10. The molecule has 0 saturated heterocycles. The molecule has 0 amide bonds. The summed E-state index contributed by atoms with van der Waals surface area (Å²) in [6, 6.07) is 3.76. The lowest BCUT2D eigenvalue weighted by molar-refractivity contribution is 0.473. The van der Waals surface area contributed by atoms with Crippen LogP contribution < -0.4 is 10.9 Å². The van der Waals surface area contributed by atoms with E-state index in [9.17, 15) is 4.79 Å². The van der Waals surface area contributed by atoms with E-state index in [1.165, 1.54) is 0 Å². The Bertz CT molecular complexity index is 563. The quantitative estimate of drug-likeness (QED) is 0.854. The van der Waals surface area contributed by atoms with Crippen LogP contribution >= 0.6 is 15.9 Å². The van der Waals surface area contributed by atoms with Crippen LogP contribution in [0.5, 0.6) is 0 Å². The zero-order chi connectivity index (χ0) is 13.0. The zero-order valence-corrected chi connectivity index (χ0v) is 11.6. The van der Waals surface area contributed by atoms with Crippen molar-refractivity contribution < 1.29 is 4.42 Å². The normalized spacial score (nSPS) is 10.8. The van der Waals surface area contributed by atoms with E-state index in [1.807, 2.05) is 12.1 Å². The average Bonchev–Trinajstić information content (AvgIpc) is 2.87. The van der Waals surface area contributed by atoms with Crippen molar-refractivity contribution in [2.75, 3.05) is 6.54 Å². The molecular weight excluding hydrogens is 298 g/mol. The molecule has 1 N–H and O–H groups in total. The lowest BCUT2D eigenvalue weighted by Gasteiger charge is -2.07. The molecule has 2 rings (SSSR count). The summed E-state index contributed by atoms with van der Waals surface area (Å²) in [5.74, 6) is 0.880. The number of halogens is 1. The van der Waals surface area contributed by atoms with Crippen LogP contribution in [0, 0.1) is 6.92 Å². The van der Waals surface area contributed by atoms with Gasteiger partial charge < -0.3 is 9.73 Å². The van der Waals surface area contributed by atoms with Crippen molar-refractivity contribution in [1.82, 2.24) is 14.9 Å². The van der Waals surface area contributed by atoms with E-state index in [0.717, 1.165) is 5.76 Å². The summed E-state index contributed by atoms with van der Waals surface area (Å²) in [7, 11) is 0. The number of aryl methyl sites for hydroxylation is 1. The molecule has 0 saturated carbocycles. The van der Waals surface area contributed by atoms with Crippen molar-refractivity contribution in [3.05, 3.63) is 51.0 Å². The Morgan fingerprint density at radius 2 is 2.39 bits per heavy atom. The zero-order valence-electron chi connectivity index (χ0n) is 10.0. The maximum atomic E-state index is 11.8. The summed E-state index contributed by atoms with van der Waals surface area (Å²) < 4.78 is 7.29. The highest BCUT2D eigenvalue weighted by Crippen LogP contribution is 2.05. The standard InChI is InChI=1S/C12H14BrN3O2/c1-9-11(13)12(17)16(8-15-9)5-4-14-7-10-3-2-6-18-10/h2-3,6,8,14H,4-5,7H2,1H3. The first-order valence-electron chi connectivity index (χ1n) is 5.63. The van der Waals surface area contributed by atoms with E-state index in [2.05, 4.69) is 26.2 Å². The minimum atomic E-state index is -0.0534. The van der Waals surface area contributed by atoms with Gasteiger partial charge in [-0.3, -0.25) is 9.36 Å². The fraction of sp³-hybridized carbons (Fsp3) is 0.333. The van der Waals surface area contributed by atoms with Crippen LogP contribution in [-0.2, 0) is 13.1 Å². The van der Waals surface area contributed by atoms with Gasteiger partial charge in [-0.1, -0.05) is 0 Å². The molecule has 5 nitrogen and oxygen atoms in total. The molecule has 0 spiro atoms. The maximum absolute atomic E-state index is 11.8. The molecule has 0 radical (unpaired) electrons. The summed E-state index contributed by atoms with van der Waals surface area (Å²) >= 11 is 3.24. The minimum Gasteiger partial charge on any atom is -0.468 e. The van der Waals surface area contributed by atoms with E-state index < -0.39 is 0 Å². The largest absolute Gasteiger partial charge is 0.468 e. The number of hydrogen-bond donors (Lipinski definition) is 1. The lowest BCUT2D eigenvalue weighted by Crippen LogP contribution is -2.27. The van der Waals surface area contributed by atoms with Gasteiger partial charge in [0.2, 0.25) is 0 Å². The lowest BCUT2D eigenvalue weighted by atomic mass is 10.4. The van der Waals surface area contributed by atoms with E-state index in [4.69, 9.17) is 4.42 Å². The van der Waals surface area contributed by atoms with Gasteiger partial charge in [0, 0.05) is 13.1 Å². The van der Waals surface area contributed by atoms with Crippen LogP contribution in [0.15, 0.2) is 38.4 Å². The van der Waals surface area contributed by atoms with Crippen molar-refractivity contribution in [2.24, 2.45) is 0 Å². The van der Waals surface area contributed by atoms with Crippen LogP contribution in [-0.4, -0.2) is 16.1 Å². The van der Waals surface area contributed by atoms with Gasteiger partial charge in [0.25, 0.3) is 5.56 Å². The van der Waals surface area contributed by atoms with Crippen molar-refractivity contribution in [2.45, 2.75) is 20.0 Å². The summed E-state index contributed by atoms with van der Waals surface area (Å²) in [5.41, 5.74) is 0.655. The topological polar surface area (TPSA) is 60.1 Å². The van der Waals surface area contributed by atoms with E-state index in [1.54, 1.807) is 24.1 Å². The van der Waals surface area contributed by atoms with Gasteiger partial charge in [0.1, 0.15) is 10.2 Å². The summed E-state index contributed by atoms with van der Waals surface area (Å²) in [6.07, 6.45) is 3.21. The Hall–Kier alpha value is -1.40. The van der Waals surface area contributed by atoms with Gasteiger partial charge in [0.15, 0.2) is 0 Å². The van der Waals surface area contributed by atoms with Gasteiger partial charge in [-0.15, -0.1) is 0 Å². The fourth-order valence-corrected chi connectivity index (χ4v) is 1.86. The maximum Gasteiger partial charge on any atom is 0.267 e. The molecule has 18 heavy (non-hydrogen) atoms. The molecule has 0 unspecified atom stereocenters. The summed E-state index contributed by atoms with van der Waals surface area (Å²) in [5, 5.41) is 3.20. The molecule has 0 aliphatic carbocycles. The highest BCUT2D eigenvalue weighted by atomic mass is 79.9.